The van der Waals surface area contributed by atoms with Crippen molar-refractivity contribution in [3.8, 4) is 0 Å². The van der Waals surface area contributed by atoms with Crippen LogP contribution in [0.1, 0.15) is 25.7 Å². The van der Waals surface area contributed by atoms with E-state index in [-0.39, 0.29) is 15.7 Å². The minimum absolute atomic E-state index is 0.00900. The molecule has 2 N–H and O–H groups in total. The maximum atomic E-state index is 13.3. The molecule has 0 heterocycles. The third kappa shape index (κ3) is 2.92. The van der Waals surface area contributed by atoms with Crippen LogP contribution in [-0.4, -0.2) is 17.0 Å². The van der Waals surface area contributed by atoms with E-state index in [0.717, 1.165) is 18.6 Å². The summed E-state index contributed by atoms with van der Waals surface area (Å²) in [5.41, 5.74) is -1.03. The minimum atomic E-state index is -1.02. The van der Waals surface area contributed by atoms with Gasteiger partial charge in [0.1, 0.15) is 11.6 Å². The Balaban J connectivity index is 2.07. The summed E-state index contributed by atoms with van der Waals surface area (Å²) >= 11 is 1.52. The van der Waals surface area contributed by atoms with E-state index in [9.17, 15) is 18.4 Å². The van der Waals surface area contributed by atoms with E-state index in [4.69, 9.17) is 5.11 Å². The maximum absolute atomic E-state index is 13.3. The van der Waals surface area contributed by atoms with Crippen LogP contribution in [0.3, 0.4) is 0 Å². The number of hydrogen-bond donors (Lipinski definition) is 2. The van der Waals surface area contributed by atoms with Crippen LogP contribution < -0.4 is 5.32 Å². The van der Waals surface area contributed by atoms with E-state index < -0.39 is 28.9 Å². The van der Waals surface area contributed by atoms with Crippen molar-refractivity contribution in [2.24, 2.45) is 5.41 Å². The van der Waals surface area contributed by atoms with Gasteiger partial charge in [0, 0.05) is 12.1 Å². The molecule has 0 aliphatic heterocycles. The van der Waals surface area contributed by atoms with Gasteiger partial charge in [-0.3, -0.25) is 9.59 Å². The van der Waals surface area contributed by atoms with E-state index >= 15 is 0 Å². The molecule has 4 nitrogen and oxygen atoms in total. The first kappa shape index (κ1) is 15.1. The predicted molar refractivity (Wildman–Crippen MR) is 76.2 cm³/mol. The molecule has 1 aliphatic carbocycles. The van der Waals surface area contributed by atoms with Crippen molar-refractivity contribution in [1.82, 2.24) is 0 Å². The van der Waals surface area contributed by atoms with Gasteiger partial charge in [-0.2, -0.15) is 0 Å². The van der Waals surface area contributed by atoms with Crippen molar-refractivity contribution < 1.29 is 23.5 Å². The molecule has 7 heteroatoms. The molecule has 1 aliphatic rings. The van der Waals surface area contributed by atoms with Crippen molar-refractivity contribution in [1.29, 1.82) is 0 Å². The van der Waals surface area contributed by atoms with E-state index in [1.165, 1.54) is 22.6 Å². The fourth-order valence-electron chi connectivity index (χ4n) is 2.21. The molecule has 0 atom stereocenters. The largest absolute Gasteiger partial charge is 0.481 e. The molecule has 1 aromatic carbocycles. The summed E-state index contributed by atoms with van der Waals surface area (Å²) in [6, 6.07) is 2.02. The third-order valence-electron chi connectivity index (χ3n) is 3.53. The minimum Gasteiger partial charge on any atom is -0.481 e. The Bertz CT molecular complexity index is 550. The summed E-state index contributed by atoms with van der Waals surface area (Å²) in [7, 11) is 0. The van der Waals surface area contributed by atoms with Crippen LogP contribution in [0.4, 0.5) is 14.5 Å². The summed E-state index contributed by atoms with van der Waals surface area (Å²) in [5, 5.41) is 11.5. The fraction of sp³-hybridized carbons (Fsp3) is 0.385. The highest BCUT2D eigenvalue weighted by molar-refractivity contribution is 14.1. The van der Waals surface area contributed by atoms with Crippen LogP contribution in [0.25, 0.3) is 0 Å². The standard InChI is InChI=1S/C13H12F2INO3/c14-8-4-7(5-9(15)11(8)16)17-10(18)6-13(12(19)20)2-1-3-13/h4-5H,1-3,6H2,(H,17,18)(H,19,20). The molecule has 108 valence electrons. The van der Waals surface area contributed by atoms with Crippen LogP contribution >= 0.6 is 22.6 Å². The summed E-state index contributed by atoms with van der Waals surface area (Å²) in [5.74, 6) is -3.08. The number of carboxylic acid groups (broad SMARTS) is 1. The van der Waals surface area contributed by atoms with Gasteiger partial charge in [0.05, 0.1) is 8.99 Å². The molecule has 0 spiro atoms. The van der Waals surface area contributed by atoms with Gasteiger partial charge < -0.3 is 10.4 Å². The molecule has 1 amide bonds. The number of carbonyl (C=O) groups is 2. The lowest BCUT2D eigenvalue weighted by atomic mass is 9.66. The molecule has 20 heavy (non-hydrogen) atoms. The Morgan fingerprint density at radius 3 is 2.25 bits per heavy atom. The molecule has 0 unspecified atom stereocenters. The van der Waals surface area contributed by atoms with Crippen LogP contribution in [0.2, 0.25) is 0 Å². The molecule has 1 fully saturated rings. The Morgan fingerprint density at radius 1 is 1.30 bits per heavy atom. The van der Waals surface area contributed by atoms with E-state index in [1.54, 1.807) is 0 Å². The first-order valence-corrected chi connectivity index (χ1v) is 7.10. The summed E-state index contributed by atoms with van der Waals surface area (Å²) in [6.07, 6.45) is 1.49. The van der Waals surface area contributed by atoms with Crippen LogP contribution in [-0.2, 0) is 9.59 Å². The Hall–Kier alpha value is -1.25. The number of carboxylic acids is 1. The lowest BCUT2D eigenvalue weighted by Crippen LogP contribution is -2.41. The normalized spacial score (nSPS) is 16.4. The van der Waals surface area contributed by atoms with Gasteiger partial charge in [-0.25, -0.2) is 8.78 Å². The second-order valence-corrected chi connectivity index (χ2v) is 6.00. The van der Waals surface area contributed by atoms with Gasteiger partial charge >= 0.3 is 5.97 Å². The van der Waals surface area contributed by atoms with Gasteiger partial charge in [0.15, 0.2) is 0 Å². The van der Waals surface area contributed by atoms with Crippen molar-refractivity contribution in [2.45, 2.75) is 25.7 Å². The number of halogens is 3. The molecule has 1 aromatic rings. The predicted octanol–water partition coefficient (Wildman–Crippen LogP) is 3.15. The molecular formula is C13H12F2INO3. The number of rotatable bonds is 4. The van der Waals surface area contributed by atoms with Crippen molar-refractivity contribution in [3.05, 3.63) is 27.3 Å². The quantitative estimate of drug-likeness (QED) is 0.608. The summed E-state index contributed by atoms with van der Waals surface area (Å²) in [6.45, 7) is 0. The number of nitrogens with one attached hydrogen (secondary N) is 1. The van der Waals surface area contributed by atoms with Gasteiger partial charge in [0.2, 0.25) is 5.91 Å². The summed E-state index contributed by atoms with van der Waals surface area (Å²) < 4.78 is 26.5. The molecule has 0 aromatic heterocycles. The zero-order chi connectivity index (χ0) is 14.9. The van der Waals surface area contributed by atoms with Gasteiger partial charge in [-0.1, -0.05) is 6.42 Å². The number of benzene rings is 1. The third-order valence-corrected chi connectivity index (χ3v) is 4.56. The van der Waals surface area contributed by atoms with E-state index in [2.05, 4.69) is 5.32 Å². The van der Waals surface area contributed by atoms with Crippen LogP contribution in [0, 0.1) is 20.6 Å². The monoisotopic (exact) mass is 395 g/mol. The zero-order valence-corrected chi connectivity index (χ0v) is 12.5. The van der Waals surface area contributed by atoms with E-state index in [1.807, 2.05) is 0 Å². The van der Waals surface area contributed by atoms with Gasteiger partial charge in [-0.15, -0.1) is 0 Å². The smallest absolute Gasteiger partial charge is 0.310 e. The highest BCUT2D eigenvalue weighted by atomic mass is 127. The number of carbonyl (C=O) groups excluding carboxylic acids is 1. The average molecular weight is 395 g/mol. The maximum Gasteiger partial charge on any atom is 0.310 e. The fourth-order valence-corrected chi connectivity index (χ4v) is 2.52. The molecule has 0 bridgehead atoms. The first-order chi connectivity index (χ1) is 9.34. The second kappa shape index (κ2) is 5.63. The Kier molecular flexibility index (Phi) is 4.26. The number of aliphatic carboxylic acids is 1. The molecule has 2 rings (SSSR count). The van der Waals surface area contributed by atoms with Crippen LogP contribution in [0.5, 0.6) is 0 Å². The summed E-state index contributed by atoms with van der Waals surface area (Å²) in [4.78, 5) is 23.0. The molecular weight excluding hydrogens is 383 g/mol. The number of anilines is 1. The zero-order valence-electron chi connectivity index (χ0n) is 10.4. The van der Waals surface area contributed by atoms with Gasteiger partial charge in [-0.05, 0) is 47.6 Å². The van der Waals surface area contributed by atoms with Crippen molar-refractivity contribution in [2.75, 3.05) is 5.32 Å². The van der Waals surface area contributed by atoms with Crippen molar-refractivity contribution >= 4 is 40.2 Å². The Labute approximate surface area is 127 Å². The lowest BCUT2D eigenvalue weighted by molar-refractivity contribution is -0.157. The highest BCUT2D eigenvalue weighted by Gasteiger charge is 2.45. The van der Waals surface area contributed by atoms with Crippen molar-refractivity contribution in [3.63, 3.8) is 0 Å². The topological polar surface area (TPSA) is 66.4 Å². The van der Waals surface area contributed by atoms with E-state index in [0.29, 0.717) is 12.8 Å². The number of amides is 1. The average Bonchev–Trinajstić information content (AvgIpc) is 2.30. The van der Waals surface area contributed by atoms with Gasteiger partial charge in [0.25, 0.3) is 0 Å². The molecule has 1 saturated carbocycles. The lowest BCUT2D eigenvalue weighted by Gasteiger charge is -2.36. The first-order valence-electron chi connectivity index (χ1n) is 6.02. The molecule has 0 radical (unpaired) electrons. The number of hydrogen-bond acceptors (Lipinski definition) is 2. The molecule has 0 saturated heterocycles. The second-order valence-electron chi connectivity index (χ2n) is 4.92. The Morgan fingerprint density at radius 2 is 1.85 bits per heavy atom. The van der Waals surface area contributed by atoms with Crippen LogP contribution in [0.15, 0.2) is 12.1 Å². The SMILES string of the molecule is O=C(CC1(C(=O)O)CCC1)Nc1cc(F)c(I)c(F)c1. The highest BCUT2D eigenvalue weighted by Crippen LogP contribution is 2.44.